The Hall–Kier alpha value is -0.450. The van der Waals surface area contributed by atoms with Gasteiger partial charge in [0.1, 0.15) is 0 Å². The third-order valence-electron chi connectivity index (χ3n) is 3.13. The molecule has 1 aromatic rings. The topological polar surface area (TPSA) is 34.1 Å². The first kappa shape index (κ1) is 15.6. The van der Waals surface area contributed by atoms with Gasteiger partial charge in [0, 0.05) is 37.7 Å². The minimum absolute atomic E-state index is 0.298. The molecule has 0 amide bonds. The van der Waals surface area contributed by atoms with Gasteiger partial charge >= 0.3 is 0 Å². The Bertz CT molecular complexity index is 340. The van der Waals surface area contributed by atoms with Crippen molar-refractivity contribution in [3.8, 4) is 0 Å². The van der Waals surface area contributed by atoms with Crippen LogP contribution in [0.25, 0.3) is 0 Å². The highest BCUT2D eigenvalue weighted by atomic mass is 32.1. The molecule has 1 N–H and O–H groups in total. The molecule has 104 valence electrons. The first-order chi connectivity index (χ1) is 8.59. The van der Waals surface area contributed by atoms with E-state index >= 15 is 0 Å². The maximum Gasteiger partial charge on any atom is 0.0934 e. The predicted octanol–water partition coefficient (Wildman–Crippen LogP) is 3.04. The van der Waals surface area contributed by atoms with Gasteiger partial charge in [-0.3, -0.25) is 0 Å². The fourth-order valence-electron chi connectivity index (χ4n) is 2.26. The van der Waals surface area contributed by atoms with Crippen LogP contribution in [0.4, 0.5) is 0 Å². The maximum atomic E-state index is 5.07. The van der Waals surface area contributed by atoms with Gasteiger partial charge in [0.2, 0.25) is 0 Å². The molecule has 1 heterocycles. The van der Waals surface area contributed by atoms with Crippen LogP contribution in [-0.4, -0.2) is 31.8 Å². The second-order valence-corrected chi connectivity index (χ2v) is 6.23. The molecule has 0 aliphatic rings. The summed E-state index contributed by atoms with van der Waals surface area (Å²) in [5, 5.41) is 6.89. The van der Waals surface area contributed by atoms with E-state index in [1.165, 1.54) is 17.8 Å². The van der Waals surface area contributed by atoms with Gasteiger partial charge in [-0.25, -0.2) is 4.98 Å². The van der Waals surface area contributed by atoms with Crippen LogP contribution in [0.1, 0.15) is 37.4 Å². The second-order valence-electron chi connectivity index (χ2n) is 5.29. The highest BCUT2D eigenvalue weighted by Crippen LogP contribution is 2.28. The van der Waals surface area contributed by atoms with E-state index in [4.69, 9.17) is 4.74 Å². The molecule has 0 aliphatic heterocycles. The molecule has 1 aromatic heterocycles. The summed E-state index contributed by atoms with van der Waals surface area (Å²) >= 11 is 1.78. The summed E-state index contributed by atoms with van der Waals surface area (Å²) in [6, 6.07) is 0. The van der Waals surface area contributed by atoms with Crippen molar-refractivity contribution < 1.29 is 4.74 Å². The molecule has 0 bridgehead atoms. The SMILES string of the molecule is CCCC(C)(CNCCOC)Cc1nc(C)cs1. The number of nitrogens with one attached hydrogen (secondary N) is 1. The Morgan fingerprint density at radius 3 is 2.83 bits per heavy atom. The Balaban J connectivity index is 2.50. The molecule has 0 aliphatic carbocycles. The van der Waals surface area contributed by atoms with E-state index in [-0.39, 0.29) is 0 Å². The highest BCUT2D eigenvalue weighted by Gasteiger charge is 2.24. The predicted molar refractivity (Wildman–Crippen MR) is 78.3 cm³/mol. The Morgan fingerprint density at radius 2 is 2.28 bits per heavy atom. The molecule has 3 nitrogen and oxygen atoms in total. The fraction of sp³-hybridized carbons (Fsp3) is 0.786. The zero-order valence-corrected chi connectivity index (χ0v) is 12.9. The van der Waals surface area contributed by atoms with Crippen LogP contribution in [0.5, 0.6) is 0 Å². The molecule has 0 radical (unpaired) electrons. The Morgan fingerprint density at radius 1 is 1.50 bits per heavy atom. The third-order valence-corrected chi connectivity index (χ3v) is 4.10. The number of nitrogens with zero attached hydrogens (tertiary/aromatic N) is 1. The lowest BCUT2D eigenvalue weighted by molar-refractivity contribution is 0.190. The van der Waals surface area contributed by atoms with E-state index in [9.17, 15) is 0 Å². The van der Waals surface area contributed by atoms with Crippen LogP contribution < -0.4 is 5.32 Å². The normalized spacial score (nSPS) is 14.7. The van der Waals surface area contributed by atoms with E-state index in [0.717, 1.165) is 31.8 Å². The van der Waals surface area contributed by atoms with E-state index in [1.54, 1.807) is 18.4 Å². The zero-order chi connectivity index (χ0) is 13.4. The number of aryl methyl sites for hydroxylation is 1. The summed E-state index contributed by atoms with van der Waals surface area (Å²) in [6.45, 7) is 9.40. The lowest BCUT2D eigenvalue weighted by Crippen LogP contribution is -2.35. The lowest BCUT2D eigenvalue weighted by Gasteiger charge is -2.29. The summed E-state index contributed by atoms with van der Waals surface area (Å²) in [7, 11) is 1.74. The molecule has 1 atom stereocenters. The molecule has 1 rings (SSSR count). The maximum absolute atomic E-state index is 5.07. The van der Waals surface area contributed by atoms with Gasteiger partial charge in [-0.15, -0.1) is 11.3 Å². The number of ether oxygens (including phenoxy) is 1. The average Bonchev–Trinajstić information content (AvgIpc) is 2.70. The van der Waals surface area contributed by atoms with E-state index in [0.29, 0.717) is 5.41 Å². The molecule has 0 saturated heterocycles. The minimum atomic E-state index is 0.298. The van der Waals surface area contributed by atoms with Crippen LogP contribution in [0.3, 0.4) is 0 Å². The Labute approximate surface area is 115 Å². The first-order valence-corrected chi connectivity index (χ1v) is 7.58. The zero-order valence-electron chi connectivity index (χ0n) is 12.1. The van der Waals surface area contributed by atoms with Crippen molar-refractivity contribution in [2.45, 2.75) is 40.0 Å². The van der Waals surface area contributed by atoms with Gasteiger partial charge in [0.05, 0.1) is 11.6 Å². The first-order valence-electron chi connectivity index (χ1n) is 6.70. The standard InChI is InChI=1S/C14H26N2OS/c1-5-6-14(3,11-15-7-8-17-4)9-13-16-12(2)10-18-13/h10,15H,5-9,11H2,1-4H3. The van der Waals surface area contributed by atoms with E-state index in [1.807, 2.05) is 0 Å². The van der Waals surface area contributed by atoms with Crippen molar-refractivity contribution in [1.29, 1.82) is 0 Å². The van der Waals surface area contributed by atoms with Crippen LogP contribution in [0.2, 0.25) is 0 Å². The molecule has 18 heavy (non-hydrogen) atoms. The van der Waals surface area contributed by atoms with Gasteiger partial charge < -0.3 is 10.1 Å². The smallest absolute Gasteiger partial charge is 0.0934 e. The largest absolute Gasteiger partial charge is 0.383 e. The molecule has 0 aromatic carbocycles. The number of thiazole rings is 1. The van der Waals surface area contributed by atoms with Gasteiger partial charge in [-0.2, -0.15) is 0 Å². The molecular weight excluding hydrogens is 244 g/mol. The average molecular weight is 270 g/mol. The van der Waals surface area contributed by atoms with Gasteiger partial charge in [0.15, 0.2) is 0 Å². The minimum Gasteiger partial charge on any atom is -0.383 e. The van der Waals surface area contributed by atoms with Crippen LogP contribution in [0.15, 0.2) is 5.38 Å². The Kier molecular flexibility index (Phi) is 6.82. The van der Waals surface area contributed by atoms with Crippen molar-refractivity contribution in [3.05, 3.63) is 16.1 Å². The van der Waals surface area contributed by atoms with Gasteiger partial charge in [-0.05, 0) is 18.8 Å². The third kappa shape index (κ3) is 5.46. The number of methoxy groups -OCH3 is 1. The molecule has 4 heteroatoms. The summed E-state index contributed by atoms with van der Waals surface area (Å²) in [4.78, 5) is 4.59. The molecular formula is C14H26N2OS. The second kappa shape index (κ2) is 7.87. The number of rotatable bonds is 9. The summed E-state index contributed by atoms with van der Waals surface area (Å²) in [5.41, 5.74) is 1.44. The lowest BCUT2D eigenvalue weighted by atomic mass is 9.82. The summed E-state index contributed by atoms with van der Waals surface area (Å²) in [6.07, 6.45) is 3.51. The quantitative estimate of drug-likeness (QED) is 0.700. The number of hydrogen-bond acceptors (Lipinski definition) is 4. The van der Waals surface area contributed by atoms with Gasteiger partial charge in [-0.1, -0.05) is 20.3 Å². The van der Waals surface area contributed by atoms with Crippen molar-refractivity contribution in [1.82, 2.24) is 10.3 Å². The van der Waals surface area contributed by atoms with E-state index in [2.05, 4.69) is 36.5 Å². The molecule has 0 saturated carbocycles. The van der Waals surface area contributed by atoms with Crippen molar-refractivity contribution >= 4 is 11.3 Å². The number of hydrogen-bond donors (Lipinski definition) is 1. The molecule has 0 fully saturated rings. The highest BCUT2D eigenvalue weighted by molar-refractivity contribution is 7.09. The molecule has 0 spiro atoms. The van der Waals surface area contributed by atoms with Crippen molar-refractivity contribution in [2.75, 3.05) is 26.8 Å². The van der Waals surface area contributed by atoms with Crippen molar-refractivity contribution in [3.63, 3.8) is 0 Å². The summed E-state index contributed by atoms with van der Waals surface area (Å²) in [5.74, 6) is 0. The van der Waals surface area contributed by atoms with Gasteiger partial charge in [0.25, 0.3) is 0 Å². The fourth-order valence-corrected chi connectivity index (χ4v) is 3.24. The number of aromatic nitrogens is 1. The van der Waals surface area contributed by atoms with Crippen LogP contribution in [-0.2, 0) is 11.2 Å². The van der Waals surface area contributed by atoms with E-state index < -0.39 is 0 Å². The van der Waals surface area contributed by atoms with Crippen molar-refractivity contribution in [2.24, 2.45) is 5.41 Å². The monoisotopic (exact) mass is 270 g/mol. The van der Waals surface area contributed by atoms with Crippen LogP contribution >= 0.6 is 11.3 Å². The molecule has 1 unspecified atom stereocenters. The van der Waals surface area contributed by atoms with Crippen LogP contribution in [0, 0.1) is 12.3 Å². The summed E-state index contributed by atoms with van der Waals surface area (Å²) < 4.78 is 5.07.